The number of aliphatic hydroxyl groups is 1. The van der Waals surface area contributed by atoms with Crippen LogP contribution in [0.3, 0.4) is 0 Å². The molecule has 2 bridgehead atoms. The molecule has 6 heteroatoms. The Morgan fingerprint density at radius 1 is 1.19 bits per heavy atom. The summed E-state index contributed by atoms with van der Waals surface area (Å²) >= 11 is 0. The number of rotatable bonds is 1. The van der Waals surface area contributed by atoms with E-state index < -0.39 is 17.3 Å². The molecule has 3 aliphatic rings. The first-order valence-corrected chi connectivity index (χ1v) is 9.69. The van der Waals surface area contributed by atoms with E-state index in [1.807, 2.05) is 13.8 Å². The van der Waals surface area contributed by atoms with E-state index in [-0.39, 0.29) is 29.5 Å². The van der Waals surface area contributed by atoms with Crippen LogP contribution < -0.4 is 0 Å². The number of esters is 1. The first kappa shape index (κ1) is 19.8. The number of fused-ring (bicyclic) bond motifs is 3. The smallest absolute Gasteiger partial charge is 0.309 e. The third-order valence-electron chi connectivity index (χ3n) is 6.71. The maximum atomic E-state index is 12.3. The van der Waals surface area contributed by atoms with Crippen molar-refractivity contribution < 1.29 is 29.5 Å². The molecule has 6 nitrogen and oxygen atoms in total. The van der Waals surface area contributed by atoms with Gasteiger partial charge < -0.3 is 14.6 Å². The Hall–Kier alpha value is -0.950. The van der Waals surface area contributed by atoms with Crippen molar-refractivity contribution >= 4 is 5.97 Å². The molecule has 0 spiro atoms. The third-order valence-corrected chi connectivity index (χ3v) is 6.71. The Balaban J connectivity index is 1.83. The molecule has 0 saturated carbocycles. The molecule has 0 aromatic rings. The van der Waals surface area contributed by atoms with Crippen LogP contribution in [0, 0.1) is 11.8 Å². The van der Waals surface area contributed by atoms with Crippen molar-refractivity contribution in [3.05, 3.63) is 12.2 Å². The van der Waals surface area contributed by atoms with Crippen LogP contribution in [-0.4, -0.2) is 45.3 Å². The van der Waals surface area contributed by atoms with E-state index in [1.54, 1.807) is 19.1 Å². The van der Waals surface area contributed by atoms with Gasteiger partial charge in [0.15, 0.2) is 0 Å². The second kappa shape index (κ2) is 6.89. The van der Waals surface area contributed by atoms with Crippen molar-refractivity contribution in [1.82, 2.24) is 0 Å². The van der Waals surface area contributed by atoms with E-state index in [9.17, 15) is 15.2 Å². The molecule has 0 radical (unpaired) electrons. The van der Waals surface area contributed by atoms with E-state index in [4.69, 9.17) is 14.4 Å². The van der Waals surface area contributed by atoms with Crippen LogP contribution in [0.25, 0.3) is 0 Å². The highest BCUT2D eigenvalue weighted by Gasteiger charge is 2.53. The molecule has 3 rings (SSSR count). The second-order valence-corrected chi connectivity index (χ2v) is 9.07. The fraction of sp³-hybridized carbons (Fsp3) is 0.850. The third kappa shape index (κ3) is 3.98. The summed E-state index contributed by atoms with van der Waals surface area (Å²) in [6.07, 6.45) is 7.34. The van der Waals surface area contributed by atoms with Crippen molar-refractivity contribution in [2.45, 2.75) is 95.2 Å². The molecule has 2 N–H and O–H groups in total. The van der Waals surface area contributed by atoms with E-state index in [0.717, 1.165) is 19.3 Å². The Bertz CT molecular complexity index is 573. The lowest BCUT2D eigenvalue weighted by Crippen LogP contribution is -2.49. The summed E-state index contributed by atoms with van der Waals surface area (Å²) in [7, 11) is 0. The lowest BCUT2D eigenvalue weighted by Gasteiger charge is -2.40. The Labute approximate surface area is 155 Å². The summed E-state index contributed by atoms with van der Waals surface area (Å²) in [6.45, 7) is 7.53. The van der Waals surface area contributed by atoms with Gasteiger partial charge in [-0.1, -0.05) is 19.1 Å². The SMILES string of the molecule is C[C@@H]1C(=O)O[C@@H]2C[C@H]1CC[C@]1(C)O[C@H]1CC[C@](C)(OO)/C=C/C[C@]2(C)O. The summed E-state index contributed by atoms with van der Waals surface area (Å²) < 4.78 is 11.5. The van der Waals surface area contributed by atoms with Gasteiger partial charge in [0.25, 0.3) is 0 Å². The number of hydrogen-bond acceptors (Lipinski definition) is 6. The topological polar surface area (TPSA) is 88.5 Å². The predicted octanol–water partition coefficient (Wildman–Crippen LogP) is 3.23. The van der Waals surface area contributed by atoms with Crippen LogP contribution in [0.5, 0.6) is 0 Å². The maximum absolute atomic E-state index is 12.3. The Morgan fingerprint density at radius 2 is 1.92 bits per heavy atom. The molecule has 26 heavy (non-hydrogen) atoms. The highest BCUT2D eigenvalue weighted by atomic mass is 17.1. The molecule has 7 atom stereocenters. The molecule has 1 aliphatic carbocycles. The van der Waals surface area contributed by atoms with Gasteiger partial charge in [-0.15, -0.1) is 0 Å². The van der Waals surface area contributed by atoms with E-state index >= 15 is 0 Å². The lowest BCUT2D eigenvalue weighted by atomic mass is 9.76. The first-order valence-electron chi connectivity index (χ1n) is 9.69. The largest absolute Gasteiger partial charge is 0.459 e. The lowest BCUT2D eigenvalue weighted by molar-refractivity contribution is -0.304. The van der Waals surface area contributed by atoms with Gasteiger partial charge in [-0.3, -0.25) is 10.1 Å². The van der Waals surface area contributed by atoms with Crippen LogP contribution in [0.1, 0.15) is 66.2 Å². The van der Waals surface area contributed by atoms with E-state index in [0.29, 0.717) is 19.3 Å². The van der Waals surface area contributed by atoms with Crippen molar-refractivity contribution in [3.63, 3.8) is 0 Å². The van der Waals surface area contributed by atoms with Crippen LogP contribution >= 0.6 is 0 Å². The van der Waals surface area contributed by atoms with Gasteiger partial charge >= 0.3 is 5.97 Å². The quantitative estimate of drug-likeness (QED) is 0.243. The molecule has 0 amide bonds. The van der Waals surface area contributed by atoms with E-state index in [2.05, 4.69) is 6.92 Å². The van der Waals surface area contributed by atoms with Crippen LogP contribution in [0.2, 0.25) is 0 Å². The monoisotopic (exact) mass is 368 g/mol. The molecule has 2 fully saturated rings. The van der Waals surface area contributed by atoms with E-state index in [1.165, 1.54) is 0 Å². The van der Waals surface area contributed by atoms with Crippen molar-refractivity contribution in [3.8, 4) is 0 Å². The van der Waals surface area contributed by atoms with Crippen molar-refractivity contribution in [2.24, 2.45) is 11.8 Å². The molecule has 0 unspecified atom stereocenters. The predicted molar refractivity (Wildman–Crippen MR) is 95.4 cm³/mol. The normalized spacial score (nSPS) is 50.9. The Kier molecular flexibility index (Phi) is 5.25. The zero-order valence-electron chi connectivity index (χ0n) is 16.2. The zero-order valence-corrected chi connectivity index (χ0v) is 16.2. The van der Waals surface area contributed by atoms with Gasteiger partial charge in [0, 0.05) is 0 Å². The standard InChI is InChI=1S/C20H32O6/c1-13-14-6-11-20(4)15(25-20)7-10-18(2,26-23)8-5-9-19(3,22)16(12-14)24-17(13)21/h5,8,13-16,22-23H,6-7,9-12H2,1-4H3/b8-5+/t13-,14+,15-,16+,18+,19-,20-/m0/s1. The molecule has 2 aliphatic heterocycles. The fourth-order valence-electron chi connectivity index (χ4n) is 4.32. The van der Waals surface area contributed by atoms with Gasteiger partial charge in [0.1, 0.15) is 17.3 Å². The number of ether oxygens (including phenoxy) is 2. The van der Waals surface area contributed by atoms with Gasteiger partial charge in [-0.05, 0) is 65.2 Å². The molecular weight excluding hydrogens is 336 g/mol. The highest BCUT2D eigenvalue weighted by Crippen LogP contribution is 2.46. The number of carbonyl (C=O) groups is 1. The minimum absolute atomic E-state index is 0.151. The number of carbonyl (C=O) groups excluding carboxylic acids is 1. The molecule has 0 aromatic carbocycles. The maximum Gasteiger partial charge on any atom is 0.309 e. The number of hydrogen-bond donors (Lipinski definition) is 2. The van der Waals surface area contributed by atoms with Crippen molar-refractivity contribution in [1.29, 1.82) is 0 Å². The second-order valence-electron chi connectivity index (χ2n) is 9.07. The molecular formula is C20H32O6. The fourth-order valence-corrected chi connectivity index (χ4v) is 4.32. The Morgan fingerprint density at radius 3 is 2.62 bits per heavy atom. The summed E-state index contributed by atoms with van der Waals surface area (Å²) in [6, 6.07) is 0. The van der Waals surface area contributed by atoms with Gasteiger partial charge in [-0.2, -0.15) is 0 Å². The highest BCUT2D eigenvalue weighted by molar-refractivity contribution is 5.73. The first-order chi connectivity index (χ1) is 12.1. The van der Waals surface area contributed by atoms with Gasteiger partial charge in [-0.25, -0.2) is 4.89 Å². The number of epoxide rings is 1. The van der Waals surface area contributed by atoms with Gasteiger partial charge in [0.2, 0.25) is 0 Å². The summed E-state index contributed by atoms with van der Waals surface area (Å²) in [5.41, 5.74) is -2.16. The summed E-state index contributed by atoms with van der Waals surface area (Å²) in [4.78, 5) is 17.0. The molecule has 2 saturated heterocycles. The minimum atomic E-state index is -1.16. The summed E-state index contributed by atoms with van der Waals surface area (Å²) in [5.74, 6) is -0.200. The molecule has 2 heterocycles. The van der Waals surface area contributed by atoms with Gasteiger partial charge in [0.05, 0.1) is 17.6 Å². The summed E-state index contributed by atoms with van der Waals surface area (Å²) in [5, 5.41) is 20.2. The van der Waals surface area contributed by atoms with Crippen molar-refractivity contribution in [2.75, 3.05) is 0 Å². The zero-order chi connectivity index (χ0) is 19.2. The van der Waals surface area contributed by atoms with Crippen LogP contribution in [0.15, 0.2) is 12.2 Å². The van der Waals surface area contributed by atoms with Crippen LogP contribution in [0.4, 0.5) is 0 Å². The average Bonchev–Trinajstić information content (AvgIpc) is 3.24. The minimum Gasteiger partial charge on any atom is -0.459 e. The molecule has 148 valence electrons. The molecule has 0 aromatic heterocycles. The van der Waals surface area contributed by atoms with Crippen LogP contribution in [-0.2, 0) is 19.2 Å². The average molecular weight is 368 g/mol.